The van der Waals surface area contributed by atoms with Gasteiger partial charge in [-0.25, -0.2) is 0 Å². The normalized spacial score (nSPS) is 17.6. The highest BCUT2D eigenvalue weighted by atomic mass is 35.5. The lowest BCUT2D eigenvalue weighted by Crippen LogP contribution is -2.32. The number of amides is 1. The molecule has 1 aliphatic rings. The zero-order valence-electron chi connectivity index (χ0n) is 15.1. The van der Waals surface area contributed by atoms with E-state index in [1.54, 1.807) is 13.0 Å². The molecule has 136 valence electrons. The first-order valence-electron chi connectivity index (χ1n) is 8.97. The lowest BCUT2D eigenvalue weighted by atomic mass is 9.97. The van der Waals surface area contributed by atoms with Crippen molar-refractivity contribution in [2.24, 2.45) is 0 Å². The van der Waals surface area contributed by atoms with Gasteiger partial charge in [-0.05, 0) is 42.5 Å². The Morgan fingerprint density at radius 3 is 2.62 bits per heavy atom. The highest BCUT2D eigenvalue weighted by molar-refractivity contribution is 6.30. The highest BCUT2D eigenvalue weighted by Gasteiger charge is 2.25. The second kappa shape index (κ2) is 7.92. The van der Waals surface area contributed by atoms with E-state index < -0.39 is 0 Å². The molecule has 1 amide bonds. The summed E-state index contributed by atoms with van der Waals surface area (Å²) in [7, 11) is 0. The molecule has 5 heteroatoms. The Hall–Kier alpha value is -2.33. The van der Waals surface area contributed by atoms with E-state index in [2.05, 4.69) is 42.2 Å². The van der Waals surface area contributed by atoms with E-state index in [0.29, 0.717) is 5.69 Å². The molecule has 26 heavy (non-hydrogen) atoms. The summed E-state index contributed by atoms with van der Waals surface area (Å²) in [5, 5.41) is 0.167. The van der Waals surface area contributed by atoms with Gasteiger partial charge >= 0.3 is 0 Å². The van der Waals surface area contributed by atoms with Gasteiger partial charge in [0.25, 0.3) is 5.56 Å². The maximum Gasteiger partial charge on any atom is 0.267 e. The van der Waals surface area contributed by atoms with Crippen molar-refractivity contribution in [3.63, 3.8) is 0 Å². The number of hydrogen-bond acceptors (Lipinski definition) is 2. The number of carbonyl (C=O) groups is 1. The van der Waals surface area contributed by atoms with E-state index in [1.807, 2.05) is 11.0 Å². The van der Waals surface area contributed by atoms with Crippen molar-refractivity contribution in [1.82, 2.24) is 9.88 Å². The van der Waals surface area contributed by atoms with E-state index in [0.717, 1.165) is 36.9 Å². The first kappa shape index (κ1) is 18.5. The summed E-state index contributed by atoms with van der Waals surface area (Å²) in [5.41, 5.74) is 3.58. The minimum Gasteiger partial charge on any atom is -0.336 e. The molecule has 0 radical (unpaired) electrons. The van der Waals surface area contributed by atoms with Crippen molar-refractivity contribution >= 4 is 23.1 Å². The predicted molar refractivity (Wildman–Crippen MR) is 105 cm³/mol. The fourth-order valence-corrected chi connectivity index (χ4v) is 3.53. The van der Waals surface area contributed by atoms with Gasteiger partial charge in [-0.2, -0.15) is 0 Å². The molecule has 1 saturated heterocycles. The van der Waals surface area contributed by atoms with Gasteiger partial charge in [0.2, 0.25) is 5.91 Å². The Bertz CT molecular complexity index is 884. The maximum atomic E-state index is 12.0. The number of nitrogens with zero attached hydrogens (tertiary/aromatic N) is 1. The van der Waals surface area contributed by atoms with Crippen LogP contribution in [0.25, 0.3) is 5.57 Å². The summed E-state index contributed by atoms with van der Waals surface area (Å²) in [6.07, 6.45) is 4.97. The standard InChI is InChI=1S/C21H23ClN2O2/c1-3-15-6-8-16(9-7-15)18(20-11-10-19(22)21(26)23-20)13-17-5-4-12-24(17)14(2)25/h6-11,13,17H,3-5,12H2,1-2H3,(H,23,26)/b18-13+/t17-/m1/s1. The minimum absolute atomic E-state index is 0.0348. The number of hydrogen-bond donors (Lipinski definition) is 1. The average molecular weight is 371 g/mol. The molecule has 4 nitrogen and oxygen atoms in total. The molecular weight excluding hydrogens is 348 g/mol. The smallest absolute Gasteiger partial charge is 0.267 e. The van der Waals surface area contributed by atoms with Crippen LogP contribution in [-0.4, -0.2) is 28.4 Å². The van der Waals surface area contributed by atoms with Gasteiger partial charge in [0.1, 0.15) is 5.02 Å². The summed E-state index contributed by atoms with van der Waals surface area (Å²) < 4.78 is 0. The van der Waals surface area contributed by atoms with Crippen LogP contribution in [0.2, 0.25) is 5.02 Å². The van der Waals surface area contributed by atoms with Crippen LogP contribution in [0, 0.1) is 0 Å². The fourth-order valence-electron chi connectivity index (χ4n) is 3.42. The molecule has 2 aromatic rings. The molecule has 1 aromatic carbocycles. The number of aromatic amines is 1. The van der Waals surface area contributed by atoms with Gasteiger partial charge in [-0.15, -0.1) is 0 Å². The number of H-pyrrole nitrogens is 1. The van der Waals surface area contributed by atoms with Crippen LogP contribution in [0.5, 0.6) is 0 Å². The molecule has 1 N–H and O–H groups in total. The van der Waals surface area contributed by atoms with Crippen LogP contribution in [-0.2, 0) is 11.2 Å². The second-order valence-electron chi connectivity index (χ2n) is 6.60. The van der Waals surface area contributed by atoms with E-state index >= 15 is 0 Å². The molecule has 0 saturated carbocycles. The Balaban J connectivity index is 2.08. The van der Waals surface area contributed by atoms with E-state index in [9.17, 15) is 9.59 Å². The van der Waals surface area contributed by atoms with Crippen LogP contribution < -0.4 is 5.56 Å². The van der Waals surface area contributed by atoms with Gasteiger partial charge < -0.3 is 9.88 Å². The molecule has 0 bridgehead atoms. The third kappa shape index (κ3) is 3.91. The van der Waals surface area contributed by atoms with Crippen molar-refractivity contribution < 1.29 is 4.79 Å². The zero-order valence-corrected chi connectivity index (χ0v) is 15.8. The van der Waals surface area contributed by atoms with E-state index in [1.165, 1.54) is 5.56 Å². The Kier molecular flexibility index (Phi) is 5.62. The van der Waals surface area contributed by atoms with Gasteiger partial charge in [-0.3, -0.25) is 9.59 Å². The lowest BCUT2D eigenvalue weighted by molar-refractivity contribution is -0.128. The summed E-state index contributed by atoms with van der Waals surface area (Å²) >= 11 is 5.89. The number of pyridine rings is 1. The number of aryl methyl sites for hydroxylation is 1. The molecule has 0 aliphatic carbocycles. The van der Waals surface area contributed by atoms with Crippen LogP contribution >= 0.6 is 11.6 Å². The van der Waals surface area contributed by atoms with Crippen LogP contribution in [0.15, 0.2) is 47.3 Å². The van der Waals surface area contributed by atoms with E-state index in [-0.39, 0.29) is 22.5 Å². The largest absolute Gasteiger partial charge is 0.336 e. The van der Waals surface area contributed by atoms with Gasteiger partial charge in [0.05, 0.1) is 6.04 Å². The zero-order chi connectivity index (χ0) is 18.7. The first-order chi connectivity index (χ1) is 12.5. The minimum atomic E-state index is -0.310. The number of halogens is 1. The number of carbonyl (C=O) groups excluding carboxylic acids is 1. The van der Waals surface area contributed by atoms with E-state index in [4.69, 9.17) is 11.6 Å². The molecule has 1 aliphatic heterocycles. The average Bonchev–Trinajstić information content (AvgIpc) is 3.11. The SMILES string of the molecule is CCc1ccc(/C(=C\[C@H]2CCCN2C(C)=O)c2ccc(Cl)c(=O)[nH]2)cc1. The number of aromatic nitrogens is 1. The molecule has 3 rings (SSSR count). The Morgan fingerprint density at radius 2 is 2.00 bits per heavy atom. The van der Waals surface area contributed by atoms with Gasteiger partial charge in [0, 0.05) is 24.7 Å². The maximum absolute atomic E-state index is 12.0. The molecule has 2 heterocycles. The summed E-state index contributed by atoms with van der Waals surface area (Å²) in [6.45, 7) is 4.49. The lowest BCUT2D eigenvalue weighted by Gasteiger charge is -2.22. The molecular formula is C21H23ClN2O2. The predicted octanol–water partition coefficient (Wildman–Crippen LogP) is 4.03. The van der Waals surface area contributed by atoms with Crippen LogP contribution in [0.3, 0.4) is 0 Å². The van der Waals surface area contributed by atoms with Crippen molar-refractivity contribution in [3.8, 4) is 0 Å². The number of rotatable bonds is 4. The summed E-state index contributed by atoms with van der Waals surface area (Å²) in [6, 6.07) is 11.8. The second-order valence-corrected chi connectivity index (χ2v) is 7.01. The highest BCUT2D eigenvalue weighted by Crippen LogP contribution is 2.27. The molecule has 0 spiro atoms. The summed E-state index contributed by atoms with van der Waals surface area (Å²) in [4.78, 5) is 28.7. The summed E-state index contributed by atoms with van der Waals surface area (Å²) in [5.74, 6) is 0.0778. The van der Waals surface area contributed by atoms with Gasteiger partial charge in [0.15, 0.2) is 0 Å². The molecule has 1 aromatic heterocycles. The van der Waals surface area contributed by atoms with Crippen LogP contribution in [0.4, 0.5) is 0 Å². The van der Waals surface area contributed by atoms with Crippen molar-refractivity contribution in [2.75, 3.05) is 6.54 Å². The monoisotopic (exact) mass is 370 g/mol. The van der Waals surface area contributed by atoms with Crippen molar-refractivity contribution in [1.29, 1.82) is 0 Å². The third-order valence-corrected chi connectivity index (χ3v) is 5.19. The third-order valence-electron chi connectivity index (χ3n) is 4.89. The molecule has 1 fully saturated rings. The number of benzene rings is 1. The van der Waals surface area contributed by atoms with Crippen molar-refractivity contribution in [3.05, 3.63) is 74.7 Å². The van der Waals surface area contributed by atoms with Gasteiger partial charge in [-0.1, -0.05) is 48.9 Å². The first-order valence-corrected chi connectivity index (χ1v) is 9.35. The number of likely N-dealkylation sites (tertiary alicyclic amines) is 1. The fraction of sp³-hybridized carbons (Fsp3) is 0.333. The van der Waals surface area contributed by atoms with Crippen molar-refractivity contribution in [2.45, 2.75) is 39.2 Å². The molecule has 1 atom stereocenters. The van der Waals surface area contributed by atoms with Crippen LogP contribution in [0.1, 0.15) is 43.5 Å². The Labute approximate surface area is 158 Å². The number of nitrogens with one attached hydrogen (secondary N) is 1. The topological polar surface area (TPSA) is 53.2 Å². The molecule has 0 unspecified atom stereocenters. The Morgan fingerprint density at radius 1 is 1.27 bits per heavy atom. The quantitative estimate of drug-likeness (QED) is 0.883.